The number of sulfonamides is 1. The van der Waals surface area contributed by atoms with Gasteiger partial charge in [0.15, 0.2) is 5.82 Å². The van der Waals surface area contributed by atoms with Crippen molar-refractivity contribution in [2.45, 2.75) is 25.2 Å². The van der Waals surface area contributed by atoms with E-state index in [4.69, 9.17) is 32.7 Å². The summed E-state index contributed by atoms with van der Waals surface area (Å²) in [7, 11) is -1.10. The van der Waals surface area contributed by atoms with E-state index in [9.17, 15) is 8.42 Å². The monoisotopic (exact) mass is 561 g/mol. The van der Waals surface area contributed by atoms with Crippen LogP contribution in [-0.2, 0) is 14.8 Å². The van der Waals surface area contributed by atoms with Crippen LogP contribution in [0, 0.1) is 6.92 Å². The molecule has 0 bridgehead atoms. The number of benzene rings is 1. The van der Waals surface area contributed by atoms with Crippen molar-refractivity contribution < 1.29 is 17.9 Å². The van der Waals surface area contributed by atoms with E-state index in [0.717, 1.165) is 5.56 Å². The third-order valence-corrected chi connectivity index (χ3v) is 8.04. The van der Waals surface area contributed by atoms with Gasteiger partial charge in [-0.2, -0.15) is 0 Å². The largest absolute Gasteiger partial charge is 0.481 e. The molecule has 0 spiro atoms. The van der Waals surface area contributed by atoms with Crippen LogP contribution in [0.15, 0.2) is 60.9 Å². The Morgan fingerprint density at radius 1 is 0.973 bits per heavy atom. The van der Waals surface area contributed by atoms with Crippen LogP contribution in [0.5, 0.6) is 5.88 Å². The number of para-hydroxylation sites is 1. The first-order chi connectivity index (χ1) is 17.7. The van der Waals surface area contributed by atoms with Gasteiger partial charge in [0, 0.05) is 25.6 Å². The molecule has 0 saturated heterocycles. The Kier molecular flexibility index (Phi) is 8.03. The van der Waals surface area contributed by atoms with Crippen LogP contribution < -0.4 is 9.46 Å². The van der Waals surface area contributed by atoms with Crippen molar-refractivity contribution in [1.82, 2.24) is 19.5 Å². The van der Waals surface area contributed by atoms with Gasteiger partial charge in [-0.3, -0.25) is 9.29 Å². The summed E-state index contributed by atoms with van der Waals surface area (Å²) in [4.78, 5) is 13.0. The fourth-order valence-corrected chi connectivity index (χ4v) is 5.55. The first kappa shape index (κ1) is 26.9. The summed E-state index contributed by atoms with van der Waals surface area (Å²) in [5.74, 6) is 0.866. The molecule has 0 aliphatic heterocycles. The van der Waals surface area contributed by atoms with Gasteiger partial charge in [0.2, 0.25) is 15.9 Å². The van der Waals surface area contributed by atoms with Crippen molar-refractivity contribution in [2.75, 3.05) is 18.9 Å². The number of ether oxygens (including phenoxy) is 2. The zero-order valence-corrected chi connectivity index (χ0v) is 22.8. The quantitative estimate of drug-likeness (QED) is 0.288. The molecule has 0 aliphatic carbocycles. The molecule has 4 rings (SSSR count). The zero-order valence-electron chi connectivity index (χ0n) is 20.5. The molecule has 9 nitrogen and oxygen atoms in total. The number of anilines is 1. The molecule has 12 heteroatoms. The summed E-state index contributed by atoms with van der Waals surface area (Å²) >= 11 is 13.1. The molecule has 4 aromatic rings. The van der Waals surface area contributed by atoms with E-state index in [-0.39, 0.29) is 11.6 Å². The Morgan fingerprint density at radius 2 is 1.62 bits per heavy atom. The van der Waals surface area contributed by atoms with Crippen LogP contribution in [0.3, 0.4) is 0 Å². The lowest BCUT2D eigenvalue weighted by molar-refractivity contribution is 0.0949. The summed E-state index contributed by atoms with van der Waals surface area (Å²) in [6.07, 6.45) is 2.31. The van der Waals surface area contributed by atoms with Crippen LogP contribution in [-0.4, -0.2) is 47.4 Å². The lowest BCUT2D eigenvalue weighted by atomic mass is 10.2. The summed E-state index contributed by atoms with van der Waals surface area (Å²) in [5.41, 5.74) is 2.31. The molecule has 1 N–H and O–H groups in total. The highest BCUT2D eigenvalue weighted by Crippen LogP contribution is 2.37. The van der Waals surface area contributed by atoms with E-state index in [2.05, 4.69) is 19.7 Å². The second-order valence-corrected chi connectivity index (χ2v) is 11.1. The van der Waals surface area contributed by atoms with Gasteiger partial charge in [-0.1, -0.05) is 35.3 Å². The average Bonchev–Trinajstić information content (AvgIpc) is 3.27. The molecule has 194 valence electrons. The Hall–Kier alpha value is -3.18. The van der Waals surface area contributed by atoms with Crippen molar-refractivity contribution in [3.63, 3.8) is 0 Å². The van der Waals surface area contributed by atoms with Crippen molar-refractivity contribution in [3.05, 3.63) is 82.4 Å². The lowest BCUT2D eigenvalue weighted by Crippen LogP contribution is -2.33. The number of pyridine rings is 1. The lowest BCUT2D eigenvalue weighted by Gasteiger charge is -2.23. The normalized spacial score (nSPS) is 13.2. The van der Waals surface area contributed by atoms with Crippen LogP contribution >= 0.6 is 23.2 Å². The number of nitrogens with zero attached hydrogens (tertiary/aromatic N) is 4. The number of methoxy groups -OCH3 is 2. The first-order valence-corrected chi connectivity index (χ1v) is 13.5. The predicted molar refractivity (Wildman–Crippen MR) is 144 cm³/mol. The molecule has 1 aromatic carbocycles. The van der Waals surface area contributed by atoms with Gasteiger partial charge in [-0.15, -0.1) is 0 Å². The highest BCUT2D eigenvalue weighted by Gasteiger charge is 2.34. The second-order valence-electron chi connectivity index (χ2n) is 8.20. The van der Waals surface area contributed by atoms with Crippen LogP contribution in [0.1, 0.15) is 24.4 Å². The Labute approximate surface area is 225 Å². The fraction of sp³-hybridized carbons (Fsp3) is 0.240. The van der Waals surface area contributed by atoms with E-state index in [0.29, 0.717) is 33.0 Å². The predicted octanol–water partition coefficient (Wildman–Crippen LogP) is 5.47. The summed E-state index contributed by atoms with van der Waals surface area (Å²) < 4.78 is 42.2. The number of aryl methyl sites for hydroxylation is 1. The Balaban J connectivity index is 1.81. The van der Waals surface area contributed by atoms with Gasteiger partial charge in [0.05, 0.1) is 34.2 Å². The maximum atomic E-state index is 13.6. The molecule has 37 heavy (non-hydrogen) atoms. The summed E-state index contributed by atoms with van der Waals surface area (Å²) in [6, 6.07) is 13.6. The first-order valence-electron chi connectivity index (χ1n) is 11.2. The molecule has 3 aromatic heterocycles. The number of nitrogens with one attached hydrogen (secondary N) is 1. The molecular weight excluding hydrogens is 537 g/mol. The average molecular weight is 562 g/mol. The van der Waals surface area contributed by atoms with Gasteiger partial charge in [0.25, 0.3) is 0 Å². The van der Waals surface area contributed by atoms with Crippen molar-refractivity contribution in [3.8, 4) is 23.0 Å². The summed E-state index contributed by atoms with van der Waals surface area (Å²) in [6.45, 7) is 3.37. The Bertz CT molecular complexity index is 1490. The second kappa shape index (κ2) is 11.1. The van der Waals surface area contributed by atoms with Crippen LogP contribution in [0.25, 0.3) is 17.1 Å². The van der Waals surface area contributed by atoms with E-state index in [1.165, 1.54) is 21.1 Å². The highest BCUT2D eigenvalue weighted by molar-refractivity contribution is 7.93. The van der Waals surface area contributed by atoms with Crippen LogP contribution in [0.2, 0.25) is 10.0 Å². The molecule has 0 aliphatic rings. The van der Waals surface area contributed by atoms with Crippen LogP contribution in [0.4, 0.5) is 5.82 Å². The molecule has 0 unspecified atom stereocenters. The number of aromatic nitrogens is 4. The SMILES string of the molecule is COc1cccc(-c2ccc(NS(=O)(=O)[C@@H](C)[C@H](OC)c3ncc(C)cn3)n2-c2c(Cl)cccc2Cl)n1. The highest BCUT2D eigenvalue weighted by atomic mass is 35.5. The van der Waals surface area contributed by atoms with E-state index in [1.807, 2.05) is 6.92 Å². The minimum atomic E-state index is -4.03. The minimum Gasteiger partial charge on any atom is -0.481 e. The maximum Gasteiger partial charge on any atom is 0.239 e. The molecular formula is C25H25Cl2N5O4S. The molecule has 0 radical (unpaired) electrons. The molecule has 3 heterocycles. The van der Waals surface area contributed by atoms with E-state index >= 15 is 0 Å². The number of halogens is 2. The van der Waals surface area contributed by atoms with Gasteiger partial charge in [0.1, 0.15) is 17.2 Å². The molecule has 0 fully saturated rings. The molecule has 0 saturated carbocycles. The molecule has 0 amide bonds. The number of hydrogen-bond donors (Lipinski definition) is 1. The Morgan fingerprint density at radius 3 is 2.24 bits per heavy atom. The minimum absolute atomic E-state index is 0.209. The van der Waals surface area contributed by atoms with Gasteiger partial charge in [-0.05, 0) is 49.7 Å². The maximum absolute atomic E-state index is 13.6. The van der Waals surface area contributed by atoms with Crippen molar-refractivity contribution in [2.24, 2.45) is 0 Å². The van der Waals surface area contributed by atoms with Gasteiger partial charge in [-0.25, -0.2) is 23.4 Å². The van der Waals surface area contributed by atoms with Gasteiger partial charge < -0.3 is 9.47 Å². The van der Waals surface area contributed by atoms with E-state index in [1.54, 1.807) is 65.5 Å². The topological polar surface area (TPSA) is 108 Å². The smallest absolute Gasteiger partial charge is 0.239 e. The third-order valence-electron chi connectivity index (χ3n) is 5.71. The number of hydrogen-bond acceptors (Lipinski definition) is 7. The number of rotatable bonds is 9. The summed E-state index contributed by atoms with van der Waals surface area (Å²) in [5, 5.41) is -0.406. The van der Waals surface area contributed by atoms with Crippen molar-refractivity contribution >= 4 is 39.0 Å². The van der Waals surface area contributed by atoms with Gasteiger partial charge >= 0.3 is 0 Å². The molecule has 2 atom stereocenters. The zero-order chi connectivity index (χ0) is 26.7. The standard InChI is InChI=1S/C25H25Cl2N5O4S/c1-15-13-28-25(29-14-15)24(36-4)16(2)37(33,34)31-21-12-11-20(19-9-6-10-22(30-19)35-3)32(21)23-17(26)7-5-8-18(23)27/h5-14,16,24,31H,1-4H3/t16-,24-/m0/s1. The third kappa shape index (κ3) is 5.57. The van der Waals surface area contributed by atoms with E-state index < -0.39 is 21.4 Å². The van der Waals surface area contributed by atoms with Crippen molar-refractivity contribution in [1.29, 1.82) is 0 Å². The fourth-order valence-electron chi connectivity index (χ4n) is 3.79.